The van der Waals surface area contributed by atoms with Crippen LogP contribution in [0, 0.1) is 0 Å². The molecule has 1 fully saturated rings. The summed E-state index contributed by atoms with van der Waals surface area (Å²) in [5.74, 6) is 0.575. The number of methoxy groups -OCH3 is 1. The highest BCUT2D eigenvalue weighted by Gasteiger charge is 2.34. The Bertz CT molecular complexity index is 1580. The van der Waals surface area contributed by atoms with Crippen molar-refractivity contribution >= 4 is 17.9 Å². The Hall–Kier alpha value is -4.68. The van der Waals surface area contributed by atoms with E-state index in [4.69, 9.17) is 4.74 Å². The zero-order valence-electron chi connectivity index (χ0n) is 28.5. The number of hydrogen-bond donors (Lipinski definition) is 0. The lowest BCUT2D eigenvalue weighted by atomic mass is 10.0. The average molecular weight is 644 g/mol. The van der Waals surface area contributed by atoms with E-state index < -0.39 is 6.04 Å². The number of ether oxygens (including phenoxy) is 1. The number of hydrogen-bond acceptors (Lipinski definition) is 4. The van der Waals surface area contributed by atoms with E-state index in [9.17, 15) is 9.59 Å². The molecule has 4 aromatic rings. The minimum Gasteiger partial charge on any atom is -0.497 e. The van der Waals surface area contributed by atoms with Crippen LogP contribution in [0.4, 0.5) is 0 Å². The third kappa shape index (κ3) is 10.2. The maximum atomic E-state index is 14.5. The van der Waals surface area contributed by atoms with Crippen LogP contribution in [0.5, 0.6) is 5.75 Å². The summed E-state index contributed by atoms with van der Waals surface area (Å²) in [6.45, 7) is 6.28. The van der Waals surface area contributed by atoms with E-state index in [1.165, 1.54) is 30.4 Å². The average Bonchev–Trinajstić information content (AvgIpc) is 3.14. The zero-order chi connectivity index (χ0) is 33.6. The van der Waals surface area contributed by atoms with Gasteiger partial charge in [-0.15, -0.1) is 0 Å². The van der Waals surface area contributed by atoms with Gasteiger partial charge in [-0.1, -0.05) is 117 Å². The lowest BCUT2D eigenvalue weighted by Crippen LogP contribution is -2.56. The van der Waals surface area contributed by atoms with Crippen LogP contribution < -0.4 is 4.74 Å². The van der Waals surface area contributed by atoms with Crippen LogP contribution in [0.15, 0.2) is 115 Å². The van der Waals surface area contributed by atoms with Crippen LogP contribution >= 0.6 is 0 Å². The van der Waals surface area contributed by atoms with Crippen molar-refractivity contribution in [1.82, 2.24) is 14.7 Å². The molecule has 0 aromatic heterocycles. The van der Waals surface area contributed by atoms with Crippen LogP contribution in [0.3, 0.4) is 0 Å². The Morgan fingerprint density at radius 2 is 1.38 bits per heavy atom. The van der Waals surface area contributed by atoms with Crippen molar-refractivity contribution in [3.8, 4) is 5.75 Å². The van der Waals surface area contributed by atoms with Crippen molar-refractivity contribution in [3.63, 3.8) is 0 Å². The molecule has 5 rings (SSSR count). The first-order chi connectivity index (χ1) is 23.5. The zero-order valence-corrected chi connectivity index (χ0v) is 28.5. The van der Waals surface area contributed by atoms with E-state index in [1.54, 1.807) is 18.1 Å². The molecule has 6 heteroatoms. The molecule has 1 saturated heterocycles. The van der Waals surface area contributed by atoms with Gasteiger partial charge in [-0.25, -0.2) is 0 Å². The molecule has 0 radical (unpaired) electrons. The SMILES string of the molecule is CCCCCc1ccc(CN(C(=O)/C=C/c2ccc(OC)cc2)[C@@H](Cc2ccccc2)C(=O)N2CCN(Cc3ccccc3)CC2)cc1. The number of benzene rings is 4. The smallest absolute Gasteiger partial charge is 0.247 e. The summed E-state index contributed by atoms with van der Waals surface area (Å²) in [5.41, 5.74) is 5.51. The molecule has 6 nitrogen and oxygen atoms in total. The molecular weight excluding hydrogens is 594 g/mol. The first-order valence-corrected chi connectivity index (χ1v) is 17.3. The van der Waals surface area contributed by atoms with Crippen molar-refractivity contribution in [2.75, 3.05) is 33.3 Å². The van der Waals surface area contributed by atoms with Gasteiger partial charge >= 0.3 is 0 Å². The summed E-state index contributed by atoms with van der Waals surface area (Å²) >= 11 is 0. The van der Waals surface area contributed by atoms with E-state index in [0.29, 0.717) is 26.1 Å². The highest BCUT2D eigenvalue weighted by atomic mass is 16.5. The molecule has 1 aliphatic rings. The largest absolute Gasteiger partial charge is 0.497 e. The third-order valence-corrected chi connectivity index (χ3v) is 9.13. The van der Waals surface area contributed by atoms with E-state index in [0.717, 1.165) is 48.5 Å². The van der Waals surface area contributed by atoms with Crippen LogP contribution in [-0.4, -0.2) is 65.8 Å². The van der Waals surface area contributed by atoms with Gasteiger partial charge in [-0.05, 0) is 58.9 Å². The molecule has 0 bridgehead atoms. The highest BCUT2D eigenvalue weighted by molar-refractivity contribution is 5.95. The van der Waals surface area contributed by atoms with Crippen LogP contribution in [0.1, 0.15) is 54.0 Å². The summed E-state index contributed by atoms with van der Waals surface area (Å²) in [7, 11) is 1.64. The first-order valence-electron chi connectivity index (χ1n) is 17.3. The third-order valence-electron chi connectivity index (χ3n) is 9.13. The summed E-state index contributed by atoms with van der Waals surface area (Å²) in [6.07, 6.45) is 8.49. The van der Waals surface area contributed by atoms with E-state index in [-0.39, 0.29) is 11.8 Å². The fourth-order valence-electron chi connectivity index (χ4n) is 6.25. The number of amides is 2. The number of carbonyl (C=O) groups is 2. The minimum atomic E-state index is -0.648. The van der Waals surface area contributed by atoms with Crippen LogP contribution in [0.2, 0.25) is 0 Å². The quantitative estimate of drug-likeness (QED) is 0.1000. The van der Waals surface area contributed by atoms with Gasteiger partial charge in [0.05, 0.1) is 7.11 Å². The summed E-state index contributed by atoms with van der Waals surface area (Å²) in [4.78, 5) is 34.8. The predicted molar refractivity (Wildman–Crippen MR) is 194 cm³/mol. The van der Waals surface area contributed by atoms with Gasteiger partial charge in [-0.2, -0.15) is 0 Å². The van der Waals surface area contributed by atoms with Crippen molar-refractivity contribution in [1.29, 1.82) is 0 Å². The maximum absolute atomic E-state index is 14.5. The Kier molecular flexibility index (Phi) is 13.0. The maximum Gasteiger partial charge on any atom is 0.247 e. The number of piperazine rings is 1. The van der Waals surface area contributed by atoms with E-state index >= 15 is 0 Å². The summed E-state index contributed by atoms with van der Waals surface area (Å²) in [5, 5.41) is 0. The van der Waals surface area contributed by atoms with Crippen LogP contribution in [0.25, 0.3) is 6.08 Å². The Labute approximate surface area is 286 Å². The summed E-state index contributed by atoms with van der Waals surface area (Å²) in [6, 6.07) is 36.0. The Morgan fingerprint density at radius 3 is 2.00 bits per heavy atom. The second-order valence-corrected chi connectivity index (χ2v) is 12.6. The second kappa shape index (κ2) is 18.0. The Morgan fingerprint density at radius 1 is 0.750 bits per heavy atom. The summed E-state index contributed by atoms with van der Waals surface area (Å²) < 4.78 is 5.30. The lowest BCUT2D eigenvalue weighted by Gasteiger charge is -2.39. The molecular formula is C42H49N3O3. The van der Waals surface area contributed by atoms with E-state index in [2.05, 4.69) is 60.4 Å². The lowest BCUT2D eigenvalue weighted by molar-refractivity contribution is -0.145. The van der Waals surface area contributed by atoms with Gasteiger partial charge in [0.1, 0.15) is 11.8 Å². The molecule has 0 spiro atoms. The molecule has 250 valence electrons. The number of carbonyl (C=O) groups excluding carboxylic acids is 2. The predicted octanol–water partition coefficient (Wildman–Crippen LogP) is 7.43. The van der Waals surface area contributed by atoms with Gasteiger partial charge < -0.3 is 14.5 Å². The van der Waals surface area contributed by atoms with Crippen molar-refractivity contribution in [2.24, 2.45) is 0 Å². The molecule has 0 unspecified atom stereocenters. The minimum absolute atomic E-state index is 0.000553. The second-order valence-electron chi connectivity index (χ2n) is 12.6. The first kappa shape index (κ1) is 34.6. The van der Waals surface area contributed by atoms with Crippen molar-refractivity contribution in [2.45, 2.75) is 58.2 Å². The normalized spacial score (nSPS) is 14.2. The number of nitrogens with zero attached hydrogens (tertiary/aromatic N) is 3. The number of aryl methyl sites for hydroxylation is 1. The monoisotopic (exact) mass is 643 g/mol. The molecule has 0 N–H and O–H groups in total. The van der Waals surface area contributed by atoms with E-state index in [1.807, 2.05) is 71.6 Å². The van der Waals surface area contributed by atoms with Gasteiger partial charge in [-0.3, -0.25) is 14.5 Å². The highest BCUT2D eigenvalue weighted by Crippen LogP contribution is 2.20. The molecule has 0 saturated carbocycles. The molecule has 1 heterocycles. The van der Waals surface area contributed by atoms with Crippen LogP contribution in [-0.2, 0) is 35.5 Å². The topological polar surface area (TPSA) is 53.1 Å². The fraction of sp³-hybridized carbons (Fsp3) is 0.333. The van der Waals surface area contributed by atoms with Gasteiger partial charge in [0.15, 0.2) is 0 Å². The number of rotatable bonds is 15. The molecule has 4 aromatic carbocycles. The molecule has 0 aliphatic carbocycles. The number of unbranched alkanes of at least 4 members (excludes halogenated alkanes) is 2. The Balaban J connectivity index is 1.39. The van der Waals surface area contributed by atoms with Gasteiger partial charge in [0.2, 0.25) is 11.8 Å². The standard InChI is InChI=1S/C42H49N3O3/c1-3-4-7-12-34-17-19-38(20-18-34)33-45(41(46)26-23-35-21-24-39(48-2)25-22-35)40(31-36-13-8-5-9-14-36)42(47)44-29-27-43(28-30-44)32-37-15-10-6-11-16-37/h5-6,8-11,13-26,40H,3-4,7,12,27-33H2,1-2H3/b26-23+/t40-/m0/s1. The molecule has 1 aliphatic heterocycles. The molecule has 2 amide bonds. The molecule has 48 heavy (non-hydrogen) atoms. The van der Waals surface area contributed by atoms with Crippen molar-refractivity contribution in [3.05, 3.63) is 143 Å². The van der Waals surface area contributed by atoms with Gasteiger partial charge in [0, 0.05) is 51.8 Å². The van der Waals surface area contributed by atoms with Gasteiger partial charge in [0.25, 0.3) is 0 Å². The molecule has 1 atom stereocenters. The fourth-order valence-corrected chi connectivity index (χ4v) is 6.25. The van der Waals surface area contributed by atoms with Crippen molar-refractivity contribution < 1.29 is 14.3 Å².